The van der Waals surface area contributed by atoms with Gasteiger partial charge in [0.1, 0.15) is 5.82 Å². The molecule has 0 aliphatic carbocycles. The fraction of sp³-hybridized carbons (Fsp3) is 0.500. The highest BCUT2D eigenvalue weighted by molar-refractivity contribution is 6.33. The first kappa shape index (κ1) is 14.3. The number of nitrogens with one attached hydrogen (secondary N) is 3. The molecular weight excluding hydrogens is 288 g/mol. The smallest absolute Gasteiger partial charge is 0.226 e. The van der Waals surface area contributed by atoms with Gasteiger partial charge in [0.15, 0.2) is 5.65 Å². The summed E-state index contributed by atoms with van der Waals surface area (Å²) in [7, 11) is 1.84. The number of aryl methyl sites for hydroxylation is 2. The molecule has 2 aromatic heterocycles. The van der Waals surface area contributed by atoms with Gasteiger partial charge in [-0.15, -0.1) is 0 Å². The standard InChI is InChI=1S/C14H19ClN6/c1-7-10-12(16-3)20-14(19-9-4-5-17-6-9)21-13(10)18-8(2)11(7)15/h9,17H,4-6H2,1-3H3,(H2,16,18,19,20,21)/t9-/m1/s1. The van der Waals surface area contributed by atoms with Gasteiger partial charge in [0.05, 0.1) is 16.1 Å². The molecule has 3 N–H and O–H groups in total. The van der Waals surface area contributed by atoms with Gasteiger partial charge in [0.2, 0.25) is 5.95 Å². The molecule has 3 rings (SSSR count). The van der Waals surface area contributed by atoms with Crippen LogP contribution >= 0.6 is 11.6 Å². The quantitative estimate of drug-likeness (QED) is 0.806. The predicted octanol–water partition coefficient (Wildman–Crippen LogP) is 2.11. The van der Waals surface area contributed by atoms with Crippen molar-refractivity contribution in [3.05, 3.63) is 16.3 Å². The van der Waals surface area contributed by atoms with Crippen LogP contribution in [-0.2, 0) is 0 Å². The number of hydrogen-bond acceptors (Lipinski definition) is 6. The van der Waals surface area contributed by atoms with Gasteiger partial charge in [0, 0.05) is 19.6 Å². The van der Waals surface area contributed by atoms with Crippen molar-refractivity contribution in [2.75, 3.05) is 30.8 Å². The Morgan fingerprint density at radius 2 is 2.05 bits per heavy atom. The summed E-state index contributed by atoms with van der Waals surface area (Å²) < 4.78 is 0. The number of rotatable bonds is 3. The van der Waals surface area contributed by atoms with Gasteiger partial charge in [-0.3, -0.25) is 0 Å². The van der Waals surface area contributed by atoms with Crippen LogP contribution in [0.1, 0.15) is 17.7 Å². The minimum atomic E-state index is 0.363. The lowest BCUT2D eigenvalue weighted by molar-refractivity contribution is 0.782. The molecule has 1 aliphatic heterocycles. The number of fused-ring (bicyclic) bond motifs is 1. The molecule has 21 heavy (non-hydrogen) atoms. The van der Waals surface area contributed by atoms with Crippen molar-refractivity contribution < 1.29 is 0 Å². The zero-order valence-electron chi connectivity index (χ0n) is 12.4. The van der Waals surface area contributed by atoms with Gasteiger partial charge < -0.3 is 16.0 Å². The third-order valence-corrected chi connectivity index (χ3v) is 4.37. The van der Waals surface area contributed by atoms with E-state index in [0.29, 0.717) is 22.7 Å². The van der Waals surface area contributed by atoms with Crippen LogP contribution in [-0.4, -0.2) is 41.1 Å². The van der Waals surface area contributed by atoms with E-state index in [1.165, 1.54) is 0 Å². The Bertz CT molecular complexity index is 681. The highest BCUT2D eigenvalue weighted by Crippen LogP contribution is 2.30. The van der Waals surface area contributed by atoms with Crippen LogP contribution in [0, 0.1) is 13.8 Å². The topological polar surface area (TPSA) is 74.8 Å². The maximum Gasteiger partial charge on any atom is 0.226 e. The maximum absolute atomic E-state index is 6.29. The van der Waals surface area contributed by atoms with E-state index in [2.05, 4.69) is 30.9 Å². The van der Waals surface area contributed by atoms with Gasteiger partial charge in [-0.25, -0.2) is 4.98 Å². The lowest BCUT2D eigenvalue weighted by Crippen LogP contribution is -2.23. The molecule has 2 aromatic rings. The molecule has 0 unspecified atom stereocenters. The monoisotopic (exact) mass is 306 g/mol. The zero-order valence-corrected chi connectivity index (χ0v) is 13.2. The second kappa shape index (κ2) is 5.61. The summed E-state index contributed by atoms with van der Waals surface area (Å²) in [4.78, 5) is 13.6. The summed E-state index contributed by atoms with van der Waals surface area (Å²) in [6.45, 7) is 5.82. The molecule has 3 heterocycles. The van der Waals surface area contributed by atoms with E-state index < -0.39 is 0 Å². The lowest BCUT2D eigenvalue weighted by Gasteiger charge is -2.15. The summed E-state index contributed by atoms with van der Waals surface area (Å²) in [6, 6.07) is 0.363. The predicted molar refractivity (Wildman–Crippen MR) is 86.3 cm³/mol. The molecule has 0 aromatic carbocycles. The van der Waals surface area contributed by atoms with Crippen LogP contribution < -0.4 is 16.0 Å². The molecule has 0 saturated carbocycles. The minimum Gasteiger partial charge on any atom is -0.372 e. The summed E-state index contributed by atoms with van der Waals surface area (Å²) in [6.07, 6.45) is 1.07. The van der Waals surface area contributed by atoms with E-state index in [1.54, 1.807) is 0 Å². The molecule has 7 heteroatoms. The zero-order chi connectivity index (χ0) is 15.0. The highest BCUT2D eigenvalue weighted by Gasteiger charge is 2.18. The maximum atomic E-state index is 6.29. The van der Waals surface area contributed by atoms with Gasteiger partial charge in [-0.1, -0.05) is 11.6 Å². The van der Waals surface area contributed by atoms with Crippen LogP contribution in [0.2, 0.25) is 5.02 Å². The molecule has 0 radical (unpaired) electrons. The van der Waals surface area contributed by atoms with E-state index in [9.17, 15) is 0 Å². The Kier molecular flexibility index (Phi) is 3.82. The molecule has 1 atom stereocenters. The van der Waals surface area contributed by atoms with E-state index in [1.807, 2.05) is 20.9 Å². The van der Waals surface area contributed by atoms with Crippen LogP contribution in [0.3, 0.4) is 0 Å². The van der Waals surface area contributed by atoms with Gasteiger partial charge in [0.25, 0.3) is 0 Å². The van der Waals surface area contributed by atoms with Crippen molar-refractivity contribution in [2.24, 2.45) is 0 Å². The molecule has 1 fully saturated rings. The molecule has 112 valence electrons. The first-order chi connectivity index (χ1) is 10.1. The summed E-state index contributed by atoms with van der Waals surface area (Å²) in [5, 5.41) is 11.3. The number of anilines is 2. The number of hydrogen-bond donors (Lipinski definition) is 3. The average molecular weight is 307 g/mol. The second-order valence-corrected chi connectivity index (χ2v) is 5.69. The molecule has 6 nitrogen and oxygen atoms in total. The van der Waals surface area contributed by atoms with Gasteiger partial charge in [-0.2, -0.15) is 9.97 Å². The van der Waals surface area contributed by atoms with E-state index in [0.717, 1.165) is 42.0 Å². The Balaban J connectivity index is 2.10. The summed E-state index contributed by atoms with van der Waals surface area (Å²) >= 11 is 6.29. The first-order valence-corrected chi connectivity index (χ1v) is 7.47. The van der Waals surface area contributed by atoms with Crippen LogP contribution in [0.15, 0.2) is 0 Å². The first-order valence-electron chi connectivity index (χ1n) is 7.09. The number of halogens is 1. The Hall–Kier alpha value is -1.66. The van der Waals surface area contributed by atoms with Crippen LogP contribution in [0.4, 0.5) is 11.8 Å². The van der Waals surface area contributed by atoms with Crippen LogP contribution in [0.25, 0.3) is 11.0 Å². The molecule has 1 saturated heterocycles. The Morgan fingerprint density at radius 1 is 1.24 bits per heavy atom. The molecule has 0 amide bonds. The molecule has 0 bridgehead atoms. The van der Waals surface area contributed by atoms with Crippen molar-refractivity contribution in [1.29, 1.82) is 0 Å². The van der Waals surface area contributed by atoms with Crippen molar-refractivity contribution in [3.63, 3.8) is 0 Å². The third kappa shape index (κ3) is 2.61. The van der Waals surface area contributed by atoms with Crippen molar-refractivity contribution >= 4 is 34.4 Å². The highest BCUT2D eigenvalue weighted by atomic mass is 35.5. The summed E-state index contributed by atoms with van der Waals surface area (Å²) in [5.74, 6) is 1.36. The van der Waals surface area contributed by atoms with E-state index >= 15 is 0 Å². The third-order valence-electron chi connectivity index (χ3n) is 3.82. The van der Waals surface area contributed by atoms with Crippen molar-refractivity contribution in [3.8, 4) is 0 Å². The molecule has 0 spiro atoms. The summed E-state index contributed by atoms with van der Waals surface area (Å²) in [5.41, 5.74) is 2.41. The fourth-order valence-corrected chi connectivity index (χ4v) is 2.81. The largest absolute Gasteiger partial charge is 0.372 e. The van der Waals surface area contributed by atoms with Crippen LogP contribution in [0.5, 0.6) is 0 Å². The second-order valence-electron chi connectivity index (χ2n) is 5.31. The van der Waals surface area contributed by atoms with Crippen molar-refractivity contribution in [1.82, 2.24) is 20.3 Å². The minimum absolute atomic E-state index is 0.363. The Labute approximate surface area is 128 Å². The Morgan fingerprint density at radius 3 is 2.71 bits per heavy atom. The normalized spacial score (nSPS) is 18.2. The van der Waals surface area contributed by atoms with Gasteiger partial charge in [-0.05, 0) is 32.4 Å². The fourth-order valence-electron chi connectivity index (χ4n) is 2.67. The average Bonchev–Trinajstić information content (AvgIpc) is 2.96. The SMILES string of the molecule is CNc1nc(N[C@@H]2CCNC2)nc2nc(C)c(Cl)c(C)c12. The number of pyridine rings is 1. The number of aromatic nitrogens is 3. The lowest BCUT2D eigenvalue weighted by atomic mass is 10.1. The van der Waals surface area contributed by atoms with Crippen molar-refractivity contribution in [2.45, 2.75) is 26.3 Å². The van der Waals surface area contributed by atoms with Gasteiger partial charge >= 0.3 is 0 Å². The van der Waals surface area contributed by atoms with E-state index in [-0.39, 0.29) is 0 Å². The number of nitrogens with zero attached hydrogens (tertiary/aromatic N) is 3. The molecule has 1 aliphatic rings. The van der Waals surface area contributed by atoms with E-state index in [4.69, 9.17) is 11.6 Å². The molecular formula is C14H19ClN6.